The van der Waals surface area contributed by atoms with Crippen LogP contribution in [0.25, 0.3) is 143 Å². The van der Waals surface area contributed by atoms with Crippen molar-refractivity contribution in [1.82, 2.24) is 29.9 Å². The van der Waals surface area contributed by atoms with E-state index in [-0.39, 0.29) is 0 Å². The highest BCUT2D eigenvalue weighted by Crippen LogP contribution is 2.44. The Morgan fingerprint density at radius 2 is 0.586 bits per heavy atom. The summed E-state index contributed by atoms with van der Waals surface area (Å²) in [5.41, 5.74) is 18.7. The van der Waals surface area contributed by atoms with Crippen molar-refractivity contribution in [3.05, 3.63) is 231 Å². The molecule has 0 atom stereocenters. The van der Waals surface area contributed by atoms with Gasteiger partial charge in [0.1, 0.15) is 0 Å². The molecule has 0 saturated heterocycles. The molecule has 6 heterocycles. The van der Waals surface area contributed by atoms with Gasteiger partial charge in [0, 0.05) is 91.6 Å². The summed E-state index contributed by atoms with van der Waals surface area (Å²) < 4.78 is 0. The van der Waals surface area contributed by atoms with E-state index < -0.39 is 0 Å². The van der Waals surface area contributed by atoms with Crippen molar-refractivity contribution in [2.75, 3.05) is 0 Å². The van der Waals surface area contributed by atoms with Gasteiger partial charge in [-0.2, -0.15) is 0 Å². The number of rotatable bonds is 6. The molecule has 0 N–H and O–H groups in total. The van der Waals surface area contributed by atoms with Gasteiger partial charge in [0.15, 0.2) is 0 Å². The molecule has 6 nitrogen and oxygen atoms in total. The Labute approximate surface area is 402 Å². The second-order valence-corrected chi connectivity index (χ2v) is 17.9. The van der Waals surface area contributed by atoms with E-state index >= 15 is 0 Å². The van der Waals surface area contributed by atoms with Crippen LogP contribution in [0, 0.1) is 0 Å². The molecule has 0 amide bonds. The Balaban J connectivity index is 0.979. The molecule has 0 unspecified atom stereocenters. The minimum atomic E-state index is 0.935. The van der Waals surface area contributed by atoms with Gasteiger partial charge < -0.3 is 0 Å². The molecule has 0 radical (unpaired) electrons. The smallest absolute Gasteiger partial charge is 0.0802 e. The van der Waals surface area contributed by atoms with Crippen LogP contribution in [-0.2, 0) is 0 Å². The lowest BCUT2D eigenvalue weighted by Gasteiger charge is -2.18. The third-order valence-electron chi connectivity index (χ3n) is 13.9. The van der Waals surface area contributed by atoms with Crippen LogP contribution in [0.2, 0.25) is 0 Å². The molecule has 0 aliphatic heterocycles. The average Bonchev–Trinajstić information content (AvgIpc) is 3.44. The zero-order valence-electron chi connectivity index (χ0n) is 37.6. The van der Waals surface area contributed by atoms with Gasteiger partial charge in [0.05, 0.1) is 33.1 Å². The summed E-state index contributed by atoms with van der Waals surface area (Å²) in [7, 11) is 0. The van der Waals surface area contributed by atoms with E-state index in [0.29, 0.717) is 0 Å². The molecule has 8 aromatic carbocycles. The predicted octanol–water partition coefficient (Wildman–Crippen LogP) is 16.1. The van der Waals surface area contributed by atoms with Gasteiger partial charge in [0.25, 0.3) is 0 Å². The van der Waals surface area contributed by atoms with E-state index in [1.54, 1.807) is 0 Å². The number of hydrogen-bond acceptors (Lipinski definition) is 6. The molecule has 14 aromatic rings. The van der Waals surface area contributed by atoms with Crippen molar-refractivity contribution in [2.45, 2.75) is 0 Å². The summed E-state index contributed by atoms with van der Waals surface area (Å²) in [4.78, 5) is 29.4. The van der Waals surface area contributed by atoms with Crippen molar-refractivity contribution in [1.29, 1.82) is 0 Å². The number of nitrogens with zero attached hydrogens (tertiary/aromatic N) is 6. The summed E-state index contributed by atoms with van der Waals surface area (Å²) >= 11 is 0. The van der Waals surface area contributed by atoms with Gasteiger partial charge in [-0.3, -0.25) is 29.9 Å². The van der Waals surface area contributed by atoms with Crippen LogP contribution in [0.5, 0.6) is 0 Å². The first-order valence-electron chi connectivity index (χ1n) is 23.5. The highest BCUT2D eigenvalue weighted by Gasteiger charge is 2.19. The summed E-state index contributed by atoms with van der Waals surface area (Å²) in [6.45, 7) is 0. The topological polar surface area (TPSA) is 77.3 Å². The molecule has 0 aliphatic rings. The number of fused-ring (bicyclic) bond motifs is 12. The quantitative estimate of drug-likeness (QED) is 0.155. The van der Waals surface area contributed by atoms with E-state index in [1.807, 2.05) is 55.4 Å². The van der Waals surface area contributed by atoms with Gasteiger partial charge in [-0.25, -0.2) is 0 Å². The Bertz CT molecular complexity index is 4230. The molecule has 0 saturated carbocycles. The molecule has 0 fully saturated rings. The molecule has 6 heteroatoms. The van der Waals surface area contributed by atoms with Crippen molar-refractivity contribution in [2.24, 2.45) is 0 Å². The fourth-order valence-electron chi connectivity index (χ4n) is 10.6. The normalized spacial score (nSPS) is 11.7. The first kappa shape index (κ1) is 39.6. The Morgan fingerprint density at radius 3 is 1.09 bits per heavy atom. The van der Waals surface area contributed by atoms with E-state index in [1.165, 1.54) is 0 Å². The summed E-state index contributed by atoms with van der Waals surface area (Å²) in [5, 5.41) is 8.62. The van der Waals surface area contributed by atoms with Gasteiger partial charge in [-0.15, -0.1) is 0 Å². The highest BCUT2D eigenvalue weighted by atomic mass is 14.7. The van der Waals surface area contributed by atoms with Crippen LogP contribution >= 0.6 is 0 Å². The largest absolute Gasteiger partial charge is 0.256 e. The zero-order chi connectivity index (χ0) is 46.1. The van der Waals surface area contributed by atoms with Gasteiger partial charge in [0.2, 0.25) is 0 Å². The second kappa shape index (κ2) is 16.1. The molecule has 70 heavy (non-hydrogen) atoms. The first-order valence-corrected chi connectivity index (χ1v) is 23.5. The molecular weight excluding hydrogens is 853 g/mol. The van der Waals surface area contributed by atoms with Gasteiger partial charge in [-0.05, 0) is 140 Å². The average molecular weight is 891 g/mol. The lowest BCUT2D eigenvalue weighted by molar-refractivity contribution is 1.39. The minimum absolute atomic E-state index is 0.935. The molecule has 14 rings (SSSR count). The number of pyridine rings is 6. The number of aromatic nitrogens is 6. The van der Waals surface area contributed by atoms with E-state index in [2.05, 4.69) is 186 Å². The minimum Gasteiger partial charge on any atom is -0.256 e. The molecule has 0 bridgehead atoms. The van der Waals surface area contributed by atoms with E-state index in [4.69, 9.17) is 19.9 Å². The summed E-state index contributed by atoms with van der Waals surface area (Å²) in [6, 6.07) is 69.1. The Hall–Kier alpha value is -9.52. The summed E-state index contributed by atoms with van der Waals surface area (Å²) in [6.07, 6.45) is 11.6. The fourth-order valence-corrected chi connectivity index (χ4v) is 10.6. The SMILES string of the molecule is c1ccc(-c2cnc3c(ccc4ncccc43)c2)c(-c2cc(-c3ccccc3-c3cnc4c(ccc5ncccc54)c3)cc(-c3ccccc3-c3cnc4c(c3)c3ccccc3c3ncccc34)c2)c1. The van der Waals surface area contributed by atoms with Crippen molar-refractivity contribution in [3.63, 3.8) is 0 Å². The molecule has 6 aromatic heterocycles. The molecular formula is C64H38N6. The van der Waals surface area contributed by atoms with Crippen molar-refractivity contribution in [3.8, 4) is 66.8 Å². The van der Waals surface area contributed by atoms with E-state index in [9.17, 15) is 0 Å². The van der Waals surface area contributed by atoms with Gasteiger partial charge in [-0.1, -0.05) is 109 Å². The maximum atomic E-state index is 5.21. The standard InChI is InChI=1S/C64H38N6/c1-4-15-50(44-30-39-23-25-59-55(20-9-27-65-59)61(39)68-36-44)47(12-1)41-32-42(48-13-2-5-16-51(48)45-31-40-24-26-60-56(21-10-28-66-60)62(40)69-37-45)34-43(33-41)49-14-3-6-17-52(49)46-35-58-53-18-7-8-19-54(53)63-57(22-11-29-67-63)64(58)70-38-46/h1-38H. The number of hydrogen-bond donors (Lipinski definition) is 0. The van der Waals surface area contributed by atoms with E-state index in [0.717, 1.165) is 143 Å². The molecule has 0 spiro atoms. The maximum Gasteiger partial charge on any atom is 0.0802 e. The van der Waals surface area contributed by atoms with Crippen LogP contribution in [-0.4, -0.2) is 29.9 Å². The Morgan fingerprint density at radius 1 is 0.214 bits per heavy atom. The highest BCUT2D eigenvalue weighted by molar-refractivity contribution is 6.23. The lowest BCUT2D eigenvalue weighted by Crippen LogP contribution is -1.93. The second-order valence-electron chi connectivity index (χ2n) is 17.9. The lowest BCUT2D eigenvalue weighted by atomic mass is 9.86. The third kappa shape index (κ3) is 6.49. The van der Waals surface area contributed by atoms with Crippen LogP contribution in [0.4, 0.5) is 0 Å². The third-order valence-corrected chi connectivity index (χ3v) is 13.9. The zero-order valence-corrected chi connectivity index (χ0v) is 37.6. The van der Waals surface area contributed by atoms with Crippen LogP contribution < -0.4 is 0 Å². The first-order chi connectivity index (χ1) is 34.7. The van der Waals surface area contributed by atoms with Gasteiger partial charge >= 0.3 is 0 Å². The maximum absolute atomic E-state index is 5.21. The van der Waals surface area contributed by atoms with Crippen LogP contribution in [0.3, 0.4) is 0 Å². The number of benzene rings is 8. The monoisotopic (exact) mass is 890 g/mol. The molecule has 324 valence electrons. The summed E-state index contributed by atoms with van der Waals surface area (Å²) in [5.74, 6) is 0. The van der Waals surface area contributed by atoms with Crippen LogP contribution in [0.15, 0.2) is 231 Å². The van der Waals surface area contributed by atoms with Crippen molar-refractivity contribution < 1.29 is 0 Å². The fraction of sp³-hybridized carbons (Fsp3) is 0. The predicted molar refractivity (Wildman–Crippen MR) is 288 cm³/mol. The van der Waals surface area contributed by atoms with Crippen molar-refractivity contribution >= 4 is 76.2 Å². The Kier molecular flexibility index (Phi) is 9.10. The molecule has 0 aliphatic carbocycles. The van der Waals surface area contributed by atoms with Crippen LogP contribution in [0.1, 0.15) is 0 Å².